The van der Waals surface area contributed by atoms with Gasteiger partial charge in [-0.25, -0.2) is 0 Å². The van der Waals surface area contributed by atoms with Crippen molar-refractivity contribution in [3.63, 3.8) is 0 Å². The zero-order valence-corrected chi connectivity index (χ0v) is 10.4. The van der Waals surface area contributed by atoms with Crippen LogP contribution in [0.1, 0.15) is 16.4 Å². The van der Waals surface area contributed by atoms with Gasteiger partial charge in [-0.2, -0.15) is 4.98 Å². The third-order valence-corrected chi connectivity index (χ3v) is 2.58. The number of hydrogen-bond donors (Lipinski definition) is 1. The molecule has 3 heterocycles. The van der Waals surface area contributed by atoms with Gasteiger partial charge in [-0.3, -0.25) is 4.79 Å². The molecule has 102 valence electrons. The molecule has 7 nitrogen and oxygen atoms in total. The Bertz CT molecular complexity index is 670. The van der Waals surface area contributed by atoms with Crippen LogP contribution in [0.15, 0.2) is 50.1 Å². The van der Waals surface area contributed by atoms with Gasteiger partial charge in [0.25, 0.3) is 5.91 Å². The summed E-state index contributed by atoms with van der Waals surface area (Å²) in [6, 6.07) is 6.74. The molecule has 3 aromatic heterocycles. The smallest absolute Gasteiger partial charge is 0.286 e. The highest BCUT2D eigenvalue weighted by Gasteiger charge is 2.12. The number of furan rings is 2. The predicted molar refractivity (Wildman–Crippen MR) is 66.7 cm³/mol. The lowest BCUT2D eigenvalue weighted by molar-refractivity contribution is 0.0925. The molecule has 0 aromatic carbocycles. The summed E-state index contributed by atoms with van der Waals surface area (Å²) >= 11 is 0. The maximum Gasteiger partial charge on any atom is 0.286 e. The van der Waals surface area contributed by atoms with E-state index in [1.165, 1.54) is 12.5 Å². The fraction of sp³-hybridized carbons (Fsp3) is 0.154. The summed E-state index contributed by atoms with van der Waals surface area (Å²) in [5.41, 5.74) is 0. The fourth-order valence-corrected chi connectivity index (χ4v) is 1.64. The van der Waals surface area contributed by atoms with Crippen LogP contribution in [0.25, 0.3) is 11.6 Å². The standard InChI is InChI=1S/C13H11N3O4/c17-13(10-4-2-8-19-10)14-6-5-11-15-12(16-20-11)9-3-1-7-18-9/h1-4,7-8H,5-6H2,(H,14,17). The highest BCUT2D eigenvalue weighted by atomic mass is 16.5. The summed E-state index contributed by atoms with van der Waals surface area (Å²) in [5.74, 6) is 1.35. The van der Waals surface area contributed by atoms with E-state index >= 15 is 0 Å². The van der Waals surface area contributed by atoms with Gasteiger partial charge in [0.15, 0.2) is 11.5 Å². The van der Waals surface area contributed by atoms with Gasteiger partial charge in [0.05, 0.1) is 12.5 Å². The molecule has 1 N–H and O–H groups in total. The van der Waals surface area contributed by atoms with Crippen LogP contribution in [0, 0.1) is 0 Å². The maximum absolute atomic E-state index is 11.6. The minimum Gasteiger partial charge on any atom is -0.461 e. The summed E-state index contributed by atoms with van der Waals surface area (Å²) in [4.78, 5) is 15.8. The number of hydrogen-bond acceptors (Lipinski definition) is 6. The number of carbonyl (C=O) groups is 1. The number of carbonyl (C=O) groups excluding carboxylic acids is 1. The summed E-state index contributed by atoms with van der Waals surface area (Å²) in [5, 5.41) is 6.49. The number of rotatable bonds is 5. The van der Waals surface area contributed by atoms with E-state index in [9.17, 15) is 4.79 Å². The van der Waals surface area contributed by atoms with Crippen molar-refractivity contribution in [3.8, 4) is 11.6 Å². The maximum atomic E-state index is 11.6. The van der Waals surface area contributed by atoms with Crippen LogP contribution in [0.2, 0.25) is 0 Å². The Kier molecular flexibility index (Phi) is 3.32. The Balaban J connectivity index is 1.53. The summed E-state index contributed by atoms with van der Waals surface area (Å²) in [6.45, 7) is 0.374. The molecule has 0 aliphatic rings. The number of nitrogens with one attached hydrogen (secondary N) is 1. The lowest BCUT2D eigenvalue weighted by Crippen LogP contribution is -2.25. The molecule has 0 spiro atoms. The van der Waals surface area contributed by atoms with E-state index in [-0.39, 0.29) is 11.7 Å². The zero-order chi connectivity index (χ0) is 13.8. The number of nitrogens with zero attached hydrogens (tertiary/aromatic N) is 2. The molecule has 1 amide bonds. The van der Waals surface area contributed by atoms with Gasteiger partial charge in [0.2, 0.25) is 11.7 Å². The van der Waals surface area contributed by atoms with Crippen molar-refractivity contribution in [1.82, 2.24) is 15.5 Å². The Morgan fingerprint density at radius 1 is 1.20 bits per heavy atom. The van der Waals surface area contributed by atoms with Crippen molar-refractivity contribution in [2.45, 2.75) is 6.42 Å². The largest absolute Gasteiger partial charge is 0.461 e. The molecule has 7 heteroatoms. The van der Waals surface area contributed by atoms with Gasteiger partial charge in [-0.1, -0.05) is 5.16 Å². The van der Waals surface area contributed by atoms with Crippen molar-refractivity contribution in [3.05, 3.63) is 48.4 Å². The lowest BCUT2D eigenvalue weighted by atomic mass is 10.3. The first kappa shape index (κ1) is 12.2. The van der Waals surface area contributed by atoms with E-state index in [2.05, 4.69) is 15.5 Å². The first-order valence-corrected chi connectivity index (χ1v) is 6.01. The molecular weight excluding hydrogens is 262 g/mol. The van der Waals surface area contributed by atoms with E-state index in [0.717, 1.165) is 0 Å². The third-order valence-electron chi connectivity index (χ3n) is 2.58. The average Bonchev–Trinajstić information content (AvgIpc) is 3.20. The quantitative estimate of drug-likeness (QED) is 0.762. The number of aromatic nitrogens is 2. The highest BCUT2D eigenvalue weighted by Crippen LogP contribution is 2.15. The molecule has 0 bridgehead atoms. The Morgan fingerprint density at radius 3 is 2.80 bits per heavy atom. The zero-order valence-electron chi connectivity index (χ0n) is 10.4. The lowest BCUT2D eigenvalue weighted by Gasteiger charge is -1.99. The molecule has 0 saturated carbocycles. The van der Waals surface area contributed by atoms with Crippen LogP contribution in [0.5, 0.6) is 0 Å². The van der Waals surface area contributed by atoms with E-state index in [1.54, 1.807) is 24.3 Å². The van der Waals surface area contributed by atoms with Crippen molar-refractivity contribution < 1.29 is 18.2 Å². The monoisotopic (exact) mass is 273 g/mol. The molecule has 0 aliphatic carbocycles. The molecule has 0 radical (unpaired) electrons. The van der Waals surface area contributed by atoms with Gasteiger partial charge < -0.3 is 18.7 Å². The van der Waals surface area contributed by atoms with Crippen LogP contribution in [-0.2, 0) is 6.42 Å². The predicted octanol–water partition coefficient (Wildman–Crippen LogP) is 1.90. The molecular formula is C13H11N3O4. The molecule has 0 unspecified atom stereocenters. The first-order valence-electron chi connectivity index (χ1n) is 6.01. The fourth-order valence-electron chi connectivity index (χ4n) is 1.64. The second kappa shape index (κ2) is 5.43. The van der Waals surface area contributed by atoms with Crippen LogP contribution in [0.3, 0.4) is 0 Å². The number of amides is 1. The van der Waals surface area contributed by atoms with Crippen LogP contribution in [-0.4, -0.2) is 22.6 Å². The normalized spacial score (nSPS) is 10.6. The Labute approximate surface area is 113 Å². The topological polar surface area (TPSA) is 94.3 Å². The first-order chi connectivity index (χ1) is 9.83. The highest BCUT2D eigenvalue weighted by molar-refractivity contribution is 5.91. The van der Waals surface area contributed by atoms with Crippen molar-refractivity contribution in [1.29, 1.82) is 0 Å². The second-order valence-corrected chi connectivity index (χ2v) is 3.97. The van der Waals surface area contributed by atoms with Crippen molar-refractivity contribution in [2.24, 2.45) is 0 Å². The van der Waals surface area contributed by atoms with E-state index in [0.29, 0.717) is 30.4 Å². The van der Waals surface area contributed by atoms with Crippen molar-refractivity contribution in [2.75, 3.05) is 6.54 Å². The van der Waals surface area contributed by atoms with E-state index in [4.69, 9.17) is 13.4 Å². The molecule has 3 aromatic rings. The Morgan fingerprint density at radius 2 is 2.05 bits per heavy atom. The van der Waals surface area contributed by atoms with Crippen LogP contribution >= 0.6 is 0 Å². The van der Waals surface area contributed by atoms with Gasteiger partial charge in [0, 0.05) is 13.0 Å². The summed E-state index contributed by atoms with van der Waals surface area (Å²) < 4.78 is 15.2. The van der Waals surface area contributed by atoms with Crippen molar-refractivity contribution >= 4 is 5.91 Å². The molecule has 0 atom stereocenters. The third kappa shape index (κ3) is 2.61. The van der Waals surface area contributed by atoms with E-state index < -0.39 is 0 Å². The SMILES string of the molecule is O=C(NCCc1nc(-c2ccco2)no1)c1ccco1. The summed E-state index contributed by atoms with van der Waals surface area (Å²) in [6.07, 6.45) is 3.41. The molecule has 0 saturated heterocycles. The molecule has 0 fully saturated rings. The summed E-state index contributed by atoms with van der Waals surface area (Å²) in [7, 11) is 0. The second-order valence-electron chi connectivity index (χ2n) is 3.97. The van der Waals surface area contributed by atoms with Gasteiger partial charge in [0.1, 0.15) is 0 Å². The van der Waals surface area contributed by atoms with Crippen LogP contribution < -0.4 is 5.32 Å². The van der Waals surface area contributed by atoms with Gasteiger partial charge >= 0.3 is 0 Å². The van der Waals surface area contributed by atoms with E-state index in [1.807, 2.05) is 0 Å². The van der Waals surface area contributed by atoms with Gasteiger partial charge in [-0.05, 0) is 24.3 Å². The minimum absolute atomic E-state index is 0.270. The molecule has 20 heavy (non-hydrogen) atoms. The van der Waals surface area contributed by atoms with Gasteiger partial charge in [-0.15, -0.1) is 0 Å². The van der Waals surface area contributed by atoms with Crippen LogP contribution in [0.4, 0.5) is 0 Å². The Hall–Kier alpha value is -2.83. The minimum atomic E-state index is -0.277. The molecule has 3 rings (SSSR count). The average molecular weight is 273 g/mol. The molecule has 0 aliphatic heterocycles.